The van der Waals surface area contributed by atoms with E-state index in [1.807, 2.05) is 61.5 Å². The Bertz CT molecular complexity index is 1480. The molecule has 33 heavy (non-hydrogen) atoms. The Morgan fingerprint density at radius 2 is 1.82 bits per heavy atom. The van der Waals surface area contributed by atoms with Crippen molar-refractivity contribution in [1.29, 1.82) is 0 Å². The maximum absolute atomic E-state index is 12.1. The third-order valence-electron chi connectivity index (χ3n) is 5.49. The number of carboxylic acid groups (broad SMARTS) is 1. The van der Waals surface area contributed by atoms with Gasteiger partial charge in [0.1, 0.15) is 10.4 Å². The van der Waals surface area contributed by atoms with Gasteiger partial charge in [0.25, 0.3) is 5.22 Å². The van der Waals surface area contributed by atoms with Gasteiger partial charge in [0.15, 0.2) is 5.58 Å². The van der Waals surface area contributed by atoms with Crippen LogP contribution in [0.2, 0.25) is 0 Å². The van der Waals surface area contributed by atoms with Crippen LogP contribution < -0.4 is 0 Å². The molecule has 2 aromatic heterocycles. The second-order valence-corrected chi connectivity index (χ2v) is 9.50. The molecule has 0 aliphatic heterocycles. The molecule has 0 atom stereocenters. The fourth-order valence-electron chi connectivity index (χ4n) is 3.87. The average molecular weight is 519 g/mol. The van der Waals surface area contributed by atoms with Gasteiger partial charge in [-0.3, -0.25) is 0 Å². The largest absolute Gasteiger partial charge is 0.477 e. The predicted molar refractivity (Wildman–Crippen MR) is 135 cm³/mol. The molecule has 1 N–H and O–H groups in total. The van der Waals surface area contributed by atoms with Gasteiger partial charge in [-0.25, -0.2) is 9.78 Å². The summed E-state index contributed by atoms with van der Waals surface area (Å²) in [5, 5.41) is 11.2. The number of rotatable bonds is 6. The van der Waals surface area contributed by atoms with Gasteiger partial charge in [-0.15, -0.1) is 0 Å². The van der Waals surface area contributed by atoms with E-state index in [9.17, 15) is 9.90 Å². The molecule has 0 radical (unpaired) electrons. The Morgan fingerprint density at radius 3 is 2.58 bits per heavy atom. The van der Waals surface area contributed by atoms with Crippen molar-refractivity contribution < 1.29 is 14.3 Å². The SMILES string of the molecule is Cc1c(/C=C(\Sc2nc3ccccc3o2)C(=O)O)c2ccccc2n1Cc1ccc(Br)cc1. The summed E-state index contributed by atoms with van der Waals surface area (Å²) >= 11 is 4.50. The van der Waals surface area contributed by atoms with Gasteiger partial charge in [0, 0.05) is 33.2 Å². The van der Waals surface area contributed by atoms with Gasteiger partial charge in [-0.2, -0.15) is 0 Å². The second kappa shape index (κ2) is 8.92. The van der Waals surface area contributed by atoms with E-state index in [-0.39, 0.29) is 4.91 Å². The Hall–Kier alpha value is -3.29. The molecule has 0 bridgehead atoms. The normalized spacial score (nSPS) is 12.0. The number of aliphatic carboxylic acids is 1. The average Bonchev–Trinajstić information content (AvgIpc) is 3.34. The zero-order valence-electron chi connectivity index (χ0n) is 17.7. The van der Waals surface area contributed by atoms with E-state index >= 15 is 0 Å². The summed E-state index contributed by atoms with van der Waals surface area (Å²) in [5.74, 6) is -1.02. The molecule has 0 spiro atoms. The molecule has 0 amide bonds. The highest BCUT2D eigenvalue weighted by Crippen LogP contribution is 2.34. The van der Waals surface area contributed by atoms with Crippen molar-refractivity contribution in [1.82, 2.24) is 9.55 Å². The number of oxazole rings is 1. The first-order valence-electron chi connectivity index (χ1n) is 10.3. The van der Waals surface area contributed by atoms with E-state index in [2.05, 4.69) is 43.7 Å². The quantitative estimate of drug-likeness (QED) is 0.191. The van der Waals surface area contributed by atoms with Crippen LogP contribution in [0.3, 0.4) is 0 Å². The summed E-state index contributed by atoms with van der Waals surface area (Å²) in [6.07, 6.45) is 1.72. The Balaban J connectivity index is 1.57. The standard InChI is InChI=1S/C26H19BrN2O3S/c1-16-20(14-24(25(30)31)33-26-28-21-7-3-5-9-23(21)32-26)19-6-2-4-8-22(19)29(16)15-17-10-12-18(27)13-11-17/h2-14H,15H2,1H3,(H,30,31)/b24-14-. The van der Waals surface area contributed by atoms with E-state index in [4.69, 9.17) is 4.42 Å². The molecule has 0 saturated carbocycles. The van der Waals surface area contributed by atoms with Crippen LogP contribution >= 0.6 is 27.7 Å². The molecule has 0 fully saturated rings. The Morgan fingerprint density at radius 1 is 1.09 bits per heavy atom. The van der Waals surface area contributed by atoms with Crippen LogP contribution in [-0.2, 0) is 11.3 Å². The van der Waals surface area contributed by atoms with E-state index in [0.29, 0.717) is 22.9 Å². The predicted octanol–water partition coefficient (Wildman–Crippen LogP) is 7.12. The van der Waals surface area contributed by atoms with Gasteiger partial charge >= 0.3 is 5.97 Å². The molecular weight excluding hydrogens is 500 g/mol. The smallest absolute Gasteiger partial charge is 0.342 e. The van der Waals surface area contributed by atoms with Crippen LogP contribution in [0.5, 0.6) is 0 Å². The summed E-state index contributed by atoms with van der Waals surface area (Å²) in [6.45, 7) is 2.71. The zero-order chi connectivity index (χ0) is 22.9. The number of para-hydroxylation sites is 3. The Kier molecular flexibility index (Phi) is 5.83. The molecule has 5 rings (SSSR count). The van der Waals surface area contributed by atoms with Gasteiger partial charge in [-0.05, 0) is 60.7 Å². The monoisotopic (exact) mass is 518 g/mol. The van der Waals surface area contributed by atoms with Crippen molar-refractivity contribution in [3.63, 3.8) is 0 Å². The molecule has 0 saturated heterocycles. The van der Waals surface area contributed by atoms with Crippen molar-refractivity contribution in [2.24, 2.45) is 0 Å². The maximum atomic E-state index is 12.1. The lowest BCUT2D eigenvalue weighted by molar-refractivity contribution is -0.131. The third kappa shape index (κ3) is 4.34. The molecule has 3 aromatic carbocycles. The van der Waals surface area contributed by atoms with Crippen molar-refractivity contribution in [3.8, 4) is 0 Å². The van der Waals surface area contributed by atoms with Crippen LogP contribution in [0, 0.1) is 6.92 Å². The lowest BCUT2D eigenvalue weighted by Gasteiger charge is -2.09. The number of thioether (sulfide) groups is 1. The molecule has 0 unspecified atom stereocenters. The van der Waals surface area contributed by atoms with E-state index in [0.717, 1.165) is 44.0 Å². The minimum absolute atomic E-state index is 0.149. The number of hydrogen-bond acceptors (Lipinski definition) is 4. The van der Waals surface area contributed by atoms with Gasteiger partial charge in [-0.1, -0.05) is 58.4 Å². The number of carbonyl (C=O) groups is 1. The fourth-order valence-corrected chi connectivity index (χ4v) is 4.86. The molecule has 5 nitrogen and oxygen atoms in total. The lowest BCUT2D eigenvalue weighted by atomic mass is 10.1. The molecule has 164 valence electrons. The summed E-state index contributed by atoms with van der Waals surface area (Å²) in [7, 11) is 0. The molecule has 0 aliphatic rings. The highest BCUT2D eigenvalue weighted by Gasteiger charge is 2.18. The highest BCUT2D eigenvalue weighted by molar-refractivity contribution is 9.10. The number of benzene rings is 3. The number of fused-ring (bicyclic) bond motifs is 2. The van der Waals surface area contributed by atoms with E-state index in [1.165, 1.54) is 0 Å². The molecule has 5 aromatic rings. The second-order valence-electron chi connectivity index (χ2n) is 7.59. The fraction of sp³-hybridized carbons (Fsp3) is 0.0769. The zero-order valence-corrected chi connectivity index (χ0v) is 20.1. The molecule has 0 aliphatic carbocycles. The summed E-state index contributed by atoms with van der Waals surface area (Å²) in [6, 6.07) is 23.7. The van der Waals surface area contributed by atoms with Crippen molar-refractivity contribution in [2.45, 2.75) is 18.7 Å². The first-order chi connectivity index (χ1) is 16.0. The van der Waals surface area contributed by atoms with Crippen molar-refractivity contribution in [2.75, 3.05) is 0 Å². The van der Waals surface area contributed by atoms with E-state index in [1.54, 1.807) is 6.08 Å². The summed E-state index contributed by atoms with van der Waals surface area (Å²) < 4.78 is 8.99. The first kappa shape index (κ1) is 21.6. The molecular formula is C26H19BrN2O3S. The maximum Gasteiger partial charge on any atom is 0.342 e. The van der Waals surface area contributed by atoms with Gasteiger partial charge < -0.3 is 14.1 Å². The lowest BCUT2D eigenvalue weighted by Crippen LogP contribution is -2.02. The number of carboxylic acids is 1. The summed E-state index contributed by atoms with van der Waals surface area (Å²) in [4.78, 5) is 16.7. The van der Waals surface area contributed by atoms with Crippen LogP contribution in [0.15, 0.2) is 91.8 Å². The van der Waals surface area contributed by atoms with Crippen LogP contribution in [-0.4, -0.2) is 20.6 Å². The topological polar surface area (TPSA) is 68.3 Å². The molecule has 7 heteroatoms. The van der Waals surface area contributed by atoms with Gasteiger partial charge in [0.2, 0.25) is 0 Å². The third-order valence-corrected chi connectivity index (χ3v) is 6.88. The summed E-state index contributed by atoms with van der Waals surface area (Å²) in [5.41, 5.74) is 5.43. The van der Waals surface area contributed by atoms with Crippen LogP contribution in [0.4, 0.5) is 0 Å². The van der Waals surface area contributed by atoms with Gasteiger partial charge in [0.05, 0.1) is 0 Å². The van der Waals surface area contributed by atoms with Crippen LogP contribution in [0.1, 0.15) is 16.8 Å². The highest BCUT2D eigenvalue weighted by atomic mass is 79.9. The van der Waals surface area contributed by atoms with Crippen molar-refractivity contribution in [3.05, 3.63) is 99.0 Å². The minimum Gasteiger partial charge on any atom is -0.477 e. The first-order valence-corrected chi connectivity index (χ1v) is 11.9. The van der Waals surface area contributed by atoms with Crippen LogP contribution in [0.25, 0.3) is 28.1 Å². The van der Waals surface area contributed by atoms with Crippen molar-refractivity contribution >= 4 is 61.7 Å². The minimum atomic E-state index is -1.02. The number of nitrogens with zero attached hydrogens (tertiary/aromatic N) is 2. The van der Waals surface area contributed by atoms with E-state index < -0.39 is 5.97 Å². The Labute approximate surface area is 202 Å². The number of halogens is 1. The number of hydrogen-bond donors (Lipinski definition) is 1. The molecule has 2 heterocycles. The number of aromatic nitrogens is 2.